The van der Waals surface area contributed by atoms with Gasteiger partial charge in [-0.2, -0.15) is 0 Å². The van der Waals surface area contributed by atoms with E-state index in [-0.39, 0.29) is 0 Å². The molecule has 0 atom stereocenters. The first-order valence-corrected chi connectivity index (χ1v) is 19.6. The van der Waals surface area contributed by atoms with Crippen LogP contribution in [0.4, 0.5) is 0 Å². The van der Waals surface area contributed by atoms with Crippen LogP contribution in [-0.4, -0.2) is 8.28 Å². The Morgan fingerprint density at radius 1 is 0.769 bits per heavy atom. The summed E-state index contributed by atoms with van der Waals surface area (Å²) in [4.78, 5) is -1.77. The zero-order valence-electron chi connectivity index (χ0n) is 6.28. The molecule has 1 rings (SSSR count). The van der Waals surface area contributed by atoms with E-state index in [0.717, 1.165) is 0 Å². The highest BCUT2D eigenvalue weighted by molar-refractivity contribution is 9.81. The number of hydrogen-bond acceptors (Lipinski definition) is 0. The summed E-state index contributed by atoms with van der Waals surface area (Å²) in [5.74, 6) is 0. The molecule has 0 saturated carbocycles. The molecule has 72 valence electrons. The fourth-order valence-electron chi connectivity index (χ4n) is 0.811. The second-order valence-corrected chi connectivity index (χ2v) is 51.3. The molecule has 1 aromatic rings. The van der Waals surface area contributed by atoms with Crippen LogP contribution in [0.2, 0.25) is 0 Å². The van der Waals surface area contributed by atoms with Gasteiger partial charge in [-0.25, -0.2) is 0 Å². The molecule has 0 nitrogen and oxygen atoms in total. The Morgan fingerprint density at radius 2 is 1.23 bits per heavy atom. The number of hydrogen-bond donors (Lipinski definition) is 0. The van der Waals surface area contributed by atoms with E-state index in [4.69, 9.17) is 0 Å². The van der Waals surface area contributed by atoms with Crippen LogP contribution in [0.25, 0.3) is 0 Å². The van der Waals surface area contributed by atoms with Gasteiger partial charge in [0.2, 0.25) is 0 Å². The third kappa shape index (κ3) is 3.25. The van der Waals surface area contributed by atoms with E-state index in [9.17, 15) is 0 Å². The normalized spacial score (nSPS) is 13.0. The molecule has 0 spiro atoms. The Labute approximate surface area is 119 Å². The van der Waals surface area contributed by atoms with Crippen LogP contribution in [0, 0.1) is 0 Å². The van der Waals surface area contributed by atoms with E-state index >= 15 is 0 Å². The quantitative estimate of drug-likeness (QED) is 0.393. The van der Waals surface area contributed by atoms with Gasteiger partial charge in [0.05, 0.1) is 0 Å². The summed E-state index contributed by atoms with van der Waals surface area (Å²) in [6, 6.07) is 10.4. The van der Waals surface area contributed by atoms with Gasteiger partial charge in [0.15, 0.2) is 0 Å². The summed E-state index contributed by atoms with van der Waals surface area (Å²) in [5, 5.41) is 1.31. The van der Waals surface area contributed by atoms with Gasteiger partial charge >= 0.3 is 0 Å². The lowest BCUT2D eigenvalue weighted by molar-refractivity contribution is 1.77. The van der Waals surface area contributed by atoms with E-state index in [1.165, 1.54) is 5.19 Å². The molecule has 0 radical (unpaired) electrons. The summed E-state index contributed by atoms with van der Waals surface area (Å²) in [5.41, 5.74) is 0. The molecule has 0 aromatic heterocycles. The van der Waals surface area contributed by atoms with Crippen LogP contribution in [0.3, 0.4) is 0 Å². The van der Waals surface area contributed by atoms with E-state index < -0.39 is 8.28 Å². The molecule has 0 N–H and O–H groups in total. The fourth-order valence-corrected chi connectivity index (χ4v) is 11.0. The standard InChI is InChI=1S/C6H5Br5Si2/c7-12(8,13(9,10)11)6-4-2-1-3-5-6/h1-5H. The summed E-state index contributed by atoms with van der Waals surface area (Å²) in [6.45, 7) is 0. The van der Waals surface area contributed by atoms with Crippen molar-refractivity contribution in [3.05, 3.63) is 30.3 Å². The molecule has 0 aliphatic heterocycles. The average Bonchev–Trinajstić information content (AvgIpc) is 2.04. The maximum atomic E-state index is 3.79. The lowest BCUT2D eigenvalue weighted by Crippen LogP contribution is -2.51. The van der Waals surface area contributed by atoms with Gasteiger partial charge in [0, 0.05) is 0 Å². The molecule has 0 amide bonds. The molecule has 0 saturated heterocycles. The van der Waals surface area contributed by atoms with Crippen LogP contribution < -0.4 is 5.19 Å². The minimum atomic E-state index is -1.77. The monoisotopic (exact) mass is 528 g/mol. The average molecular weight is 533 g/mol. The second-order valence-electron chi connectivity index (χ2n) is 2.44. The zero-order valence-corrected chi connectivity index (χ0v) is 16.2. The summed E-state index contributed by atoms with van der Waals surface area (Å²) in [6.07, 6.45) is 0. The highest BCUT2D eigenvalue weighted by Gasteiger charge is 2.50. The van der Waals surface area contributed by atoms with Crippen LogP contribution >= 0.6 is 76.5 Å². The van der Waals surface area contributed by atoms with Gasteiger partial charge in [-0.3, -0.25) is 0 Å². The fraction of sp³-hybridized carbons (Fsp3) is 0. The molecule has 0 fully saturated rings. The minimum Gasteiger partial charge on any atom is -0.105 e. The summed E-state index contributed by atoms with van der Waals surface area (Å²) in [7, 11) is 0. The molecule has 1 aromatic carbocycles. The maximum Gasteiger partial charge on any atom is 0.283 e. The first-order chi connectivity index (χ1) is 5.86. The Hall–Kier alpha value is 2.05. The van der Waals surface area contributed by atoms with Crippen LogP contribution in [0.15, 0.2) is 30.3 Å². The van der Waals surface area contributed by atoms with Gasteiger partial charge < -0.3 is 0 Å². The predicted octanol–water partition coefficient (Wildman–Crippen LogP) is 4.33. The Balaban J connectivity index is 3.08. The molecule has 0 unspecified atom stereocenters. The molecule has 0 bridgehead atoms. The van der Waals surface area contributed by atoms with Crippen molar-refractivity contribution in [1.29, 1.82) is 0 Å². The molecular weight excluding hydrogens is 528 g/mol. The first kappa shape index (κ1) is 13.1. The van der Waals surface area contributed by atoms with Crippen molar-refractivity contribution in [3.63, 3.8) is 0 Å². The first-order valence-electron chi connectivity index (χ1n) is 3.36. The summed E-state index contributed by atoms with van der Waals surface area (Å²) >= 11 is 18.6. The zero-order chi connectivity index (χ0) is 10.1. The Kier molecular flexibility index (Phi) is 4.97. The molecule has 0 aliphatic rings. The van der Waals surface area contributed by atoms with Crippen LogP contribution in [0.5, 0.6) is 0 Å². The third-order valence-corrected chi connectivity index (χ3v) is 64.5. The van der Waals surface area contributed by atoms with Crippen LogP contribution in [0.1, 0.15) is 0 Å². The van der Waals surface area contributed by atoms with Crippen molar-refractivity contribution in [2.24, 2.45) is 0 Å². The van der Waals surface area contributed by atoms with Crippen molar-refractivity contribution in [1.82, 2.24) is 0 Å². The van der Waals surface area contributed by atoms with Gasteiger partial charge in [-0.15, -0.1) is 30.6 Å². The van der Waals surface area contributed by atoms with Gasteiger partial charge in [0.25, 0.3) is 8.28 Å². The predicted molar refractivity (Wildman–Crippen MR) is 82.2 cm³/mol. The highest BCUT2D eigenvalue weighted by Crippen LogP contribution is 2.43. The third-order valence-electron chi connectivity index (χ3n) is 1.49. The van der Waals surface area contributed by atoms with Crippen molar-refractivity contribution in [3.8, 4) is 0 Å². The minimum absolute atomic E-state index is 1.31. The summed E-state index contributed by atoms with van der Waals surface area (Å²) < 4.78 is -1.72. The Bertz CT molecular complexity index is 281. The van der Waals surface area contributed by atoms with Crippen molar-refractivity contribution in [2.45, 2.75) is 0 Å². The molecular formula is C6H5Br5Si2. The van der Waals surface area contributed by atoms with E-state index in [2.05, 4.69) is 88.6 Å². The highest BCUT2D eigenvalue weighted by atomic mass is 80.0. The maximum absolute atomic E-state index is 3.79. The Morgan fingerprint density at radius 3 is 1.62 bits per heavy atom. The topological polar surface area (TPSA) is 0 Å². The number of rotatable bonds is 2. The smallest absolute Gasteiger partial charge is 0.105 e. The van der Waals surface area contributed by atoms with E-state index in [1.807, 2.05) is 18.2 Å². The van der Waals surface area contributed by atoms with E-state index in [1.54, 1.807) is 0 Å². The van der Waals surface area contributed by atoms with Crippen molar-refractivity contribution < 1.29 is 0 Å². The van der Waals surface area contributed by atoms with E-state index in [0.29, 0.717) is 0 Å². The number of halogens is 5. The van der Waals surface area contributed by atoms with Gasteiger partial charge in [-0.05, 0) is 5.19 Å². The van der Waals surface area contributed by atoms with Gasteiger partial charge in [0.1, 0.15) is 0 Å². The van der Waals surface area contributed by atoms with Crippen molar-refractivity contribution >= 4 is 89.9 Å². The largest absolute Gasteiger partial charge is 0.283 e. The SMILES string of the molecule is Br[Si](Br)(Br)[Si](Br)(Br)c1ccccc1. The lowest BCUT2D eigenvalue weighted by Gasteiger charge is -2.25. The number of benzene rings is 1. The lowest BCUT2D eigenvalue weighted by atomic mass is 10.4. The van der Waals surface area contributed by atoms with Gasteiger partial charge in [-0.1, -0.05) is 76.2 Å². The molecule has 0 aliphatic carbocycles. The van der Waals surface area contributed by atoms with Crippen LogP contribution in [-0.2, 0) is 0 Å². The second kappa shape index (κ2) is 4.92. The molecule has 0 heterocycles. The van der Waals surface area contributed by atoms with Crippen molar-refractivity contribution in [2.75, 3.05) is 0 Å². The molecule has 7 heteroatoms. The molecule has 13 heavy (non-hydrogen) atoms.